The molecule has 0 saturated heterocycles. The summed E-state index contributed by atoms with van der Waals surface area (Å²) in [5, 5.41) is 12.0. The highest BCUT2D eigenvalue weighted by Crippen LogP contribution is 2.21. The van der Waals surface area contributed by atoms with Gasteiger partial charge in [0.1, 0.15) is 17.7 Å². The highest BCUT2D eigenvalue weighted by molar-refractivity contribution is 5.88. The first-order valence-electron chi connectivity index (χ1n) is 9.88. The third kappa shape index (κ3) is 5.04. The summed E-state index contributed by atoms with van der Waals surface area (Å²) in [7, 11) is 0. The summed E-state index contributed by atoms with van der Waals surface area (Å²) in [6, 6.07) is 13.2. The van der Waals surface area contributed by atoms with Crippen LogP contribution >= 0.6 is 0 Å². The molecule has 0 bridgehead atoms. The molecular weight excluding hydrogens is 408 g/mol. The van der Waals surface area contributed by atoms with Crippen LogP contribution in [0, 0.1) is 0 Å². The number of nitrogens with one attached hydrogen (secondary N) is 2. The molecule has 3 aromatic heterocycles. The highest BCUT2D eigenvalue weighted by atomic mass is 16.6. The van der Waals surface area contributed by atoms with Gasteiger partial charge in [0.15, 0.2) is 11.5 Å². The minimum Gasteiger partial charge on any atom is -0.444 e. The Morgan fingerprint density at radius 3 is 2.59 bits per heavy atom. The number of fused-ring (bicyclic) bond motifs is 1. The van der Waals surface area contributed by atoms with Crippen molar-refractivity contribution in [3.63, 3.8) is 0 Å². The number of nitrogens with zero attached hydrogens (tertiary/aromatic N) is 6. The zero-order chi connectivity index (χ0) is 22.6. The van der Waals surface area contributed by atoms with E-state index in [9.17, 15) is 4.79 Å². The third-order valence-electron chi connectivity index (χ3n) is 4.17. The fourth-order valence-electron chi connectivity index (χ4n) is 2.82. The predicted octanol–water partition coefficient (Wildman–Crippen LogP) is 4.00. The fourth-order valence-corrected chi connectivity index (χ4v) is 2.82. The van der Waals surface area contributed by atoms with Crippen LogP contribution < -0.4 is 10.7 Å². The monoisotopic (exact) mass is 430 g/mol. The van der Waals surface area contributed by atoms with Crippen molar-refractivity contribution in [2.75, 3.05) is 10.7 Å². The molecule has 4 rings (SSSR count). The number of pyridine rings is 1. The lowest BCUT2D eigenvalue weighted by atomic mass is 10.2. The summed E-state index contributed by atoms with van der Waals surface area (Å²) in [4.78, 5) is 24.6. The number of rotatable bonds is 5. The normalized spacial score (nSPS) is 11.6. The van der Waals surface area contributed by atoms with Crippen LogP contribution in [0.25, 0.3) is 16.7 Å². The standard InChI is InChI=1S/C22H22N8O2/c1-22(2,3)32-21(31)28-18-10-9-15(11-23-18)12-26-29-19-17-13-27-30(20(17)25-14-24-19)16-7-5-4-6-8-16/h4-14H,1-3H3,(H,23,28,31)(H,24,25,29). The van der Waals surface area contributed by atoms with Gasteiger partial charge < -0.3 is 4.74 Å². The Morgan fingerprint density at radius 1 is 1.06 bits per heavy atom. The molecule has 10 nitrogen and oxygen atoms in total. The van der Waals surface area contributed by atoms with Gasteiger partial charge in [-0.3, -0.25) is 10.7 Å². The van der Waals surface area contributed by atoms with E-state index in [0.717, 1.165) is 16.6 Å². The average molecular weight is 430 g/mol. The van der Waals surface area contributed by atoms with Gasteiger partial charge in [-0.15, -0.1) is 0 Å². The lowest BCUT2D eigenvalue weighted by molar-refractivity contribution is 0.0635. The molecule has 2 N–H and O–H groups in total. The van der Waals surface area contributed by atoms with Crippen molar-refractivity contribution in [2.45, 2.75) is 26.4 Å². The number of benzene rings is 1. The lowest BCUT2D eigenvalue weighted by Gasteiger charge is -2.19. The van der Waals surface area contributed by atoms with Gasteiger partial charge in [0.2, 0.25) is 0 Å². The molecular formula is C22H22N8O2. The number of amides is 1. The molecule has 32 heavy (non-hydrogen) atoms. The van der Waals surface area contributed by atoms with Crippen LogP contribution in [0.4, 0.5) is 16.4 Å². The summed E-state index contributed by atoms with van der Waals surface area (Å²) in [5.41, 5.74) is 4.65. The van der Waals surface area contributed by atoms with Gasteiger partial charge >= 0.3 is 6.09 Å². The van der Waals surface area contributed by atoms with Gasteiger partial charge in [-0.2, -0.15) is 10.2 Å². The summed E-state index contributed by atoms with van der Waals surface area (Å²) in [6.45, 7) is 5.39. The molecule has 0 aliphatic heterocycles. The van der Waals surface area contributed by atoms with Crippen molar-refractivity contribution in [3.05, 3.63) is 66.7 Å². The van der Waals surface area contributed by atoms with Crippen molar-refractivity contribution in [1.29, 1.82) is 0 Å². The van der Waals surface area contributed by atoms with Crippen molar-refractivity contribution in [2.24, 2.45) is 5.10 Å². The SMILES string of the molecule is CC(C)(C)OC(=O)Nc1ccc(C=NNc2ncnc3c2cnn3-c2ccccc2)cn1. The molecule has 0 fully saturated rings. The smallest absolute Gasteiger partial charge is 0.413 e. The maximum Gasteiger partial charge on any atom is 0.413 e. The summed E-state index contributed by atoms with van der Waals surface area (Å²) >= 11 is 0. The van der Waals surface area contributed by atoms with E-state index in [1.54, 1.807) is 56.2 Å². The first kappa shape index (κ1) is 20.9. The Morgan fingerprint density at radius 2 is 1.88 bits per heavy atom. The predicted molar refractivity (Wildman–Crippen MR) is 122 cm³/mol. The van der Waals surface area contributed by atoms with E-state index in [-0.39, 0.29) is 0 Å². The number of para-hydroxylation sites is 1. The molecule has 0 aliphatic carbocycles. The largest absolute Gasteiger partial charge is 0.444 e. The Kier molecular flexibility index (Phi) is 5.75. The van der Waals surface area contributed by atoms with E-state index >= 15 is 0 Å². The molecule has 0 radical (unpaired) electrons. The Hall–Kier alpha value is -4.34. The minimum atomic E-state index is -0.577. The van der Waals surface area contributed by atoms with Crippen LogP contribution in [0.3, 0.4) is 0 Å². The molecule has 1 amide bonds. The molecule has 1 aromatic carbocycles. The van der Waals surface area contributed by atoms with Gasteiger partial charge in [-0.25, -0.2) is 24.4 Å². The number of ether oxygens (including phenoxy) is 1. The maximum absolute atomic E-state index is 11.8. The molecule has 162 valence electrons. The maximum atomic E-state index is 11.8. The molecule has 0 atom stereocenters. The van der Waals surface area contributed by atoms with Crippen molar-refractivity contribution in [3.8, 4) is 5.69 Å². The number of hydrogen-bond acceptors (Lipinski definition) is 8. The van der Waals surface area contributed by atoms with Crippen molar-refractivity contribution >= 4 is 35.0 Å². The van der Waals surface area contributed by atoms with Gasteiger partial charge in [0.05, 0.1) is 23.5 Å². The Balaban J connectivity index is 1.43. The second kappa shape index (κ2) is 8.80. The quantitative estimate of drug-likeness (QED) is 0.363. The second-order valence-electron chi connectivity index (χ2n) is 7.83. The fraction of sp³-hybridized carbons (Fsp3) is 0.182. The summed E-state index contributed by atoms with van der Waals surface area (Å²) in [6.07, 6.45) is 5.77. The van der Waals surface area contributed by atoms with Crippen molar-refractivity contribution in [1.82, 2.24) is 24.7 Å². The van der Waals surface area contributed by atoms with E-state index in [2.05, 4.69) is 35.9 Å². The Labute approximate surface area is 184 Å². The number of aromatic nitrogens is 5. The number of carbonyl (C=O) groups excluding carboxylic acids is 1. The summed E-state index contributed by atoms with van der Waals surface area (Å²) in [5.74, 6) is 0.916. The minimum absolute atomic E-state index is 0.384. The third-order valence-corrected chi connectivity index (χ3v) is 4.17. The van der Waals surface area contributed by atoms with Crippen molar-refractivity contribution < 1.29 is 9.53 Å². The molecule has 0 aliphatic rings. The van der Waals surface area contributed by atoms with E-state index in [1.807, 2.05) is 30.3 Å². The van der Waals surface area contributed by atoms with Crippen LogP contribution in [0.15, 0.2) is 66.3 Å². The van der Waals surface area contributed by atoms with Crippen LogP contribution in [0.5, 0.6) is 0 Å². The van der Waals surface area contributed by atoms with E-state index in [4.69, 9.17) is 4.74 Å². The molecule has 0 spiro atoms. The number of carbonyl (C=O) groups is 1. The van der Waals surface area contributed by atoms with Crippen LogP contribution in [0.1, 0.15) is 26.3 Å². The van der Waals surface area contributed by atoms with Crippen LogP contribution in [0.2, 0.25) is 0 Å². The lowest BCUT2D eigenvalue weighted by Crippen LogP contribution is -2.27. The first-order chi connectivity index (χ1) is 15.4. The van der Waals surface area contributed by atoms with Gasteiger partial charge in [0, 0.05) is 11.8 Å². The first-order valence-corrected chi connectivity index (χ1v) is 9.88. The molecule has 10 heteroatoms. The summed E-state index contributed by atoms with van der Waals surface area (Å²) < 4.78 is 6.95. The zero-order valence-electron chi connectivity index (χ0n) is 17.9. The molecule has 0 unspecified atom stereocenters. The van der Waals surface area contributed by atoms with Gasteiger partial charge in [-0.05, 0) is 45.0 Å². The second-order valence-corrected chi connectivity index (χ2v) is 7.83. The average Bonchev–Trinajstić information content (AvgIpc) is 3.19. The van der Waals surface area contributed by atoms with Gasteiger partial charge in [0.25, 0.3) is 0 Å². The zero-order valence-corrected chi connectivity index (χ0v) is 17.9. The van der Waals surface area contributed by atoms with E-state index in [1.165, 1.54) is 6.33 Å². The van der Waals surface area contributed by atoms with Gasteiger partial charge in [-0.1, -0.05) is 18.2 Å². The van der Waals surface area contributed by atoms with E-state index in [0.29, 0.717) is 17.3 Å². The topological polar surface area (TPSA) is 119 Å². The molecule has 0 saturated carbocycles. The number of hydrazone groups is 1. The van der Waals surface area contributed by atoms with Crippen LogP contribution in [-0.4, -0.2) is 42.6 Å². The molecule has 4 aromatic rings. The van der Waals surface area contributed by atoms with Crippen LogP contribution in [-0.2, 0) is 4.74 Å². The number of hydrogen-bond donors (Lipinski definition) is 2. The molecule has 3 heterocycles. The highest BCUT2D eigenvalue weighted by Gasteiger charge is 2.16. The Bertz CT molecular complexity index is 1240. The van der Waals surface area contributed by atoms with E-state index < -0.39 is 11.7 Å². The number of anilines is 2.